The second-order valence-corrected chi connectivity index (χ2v) is 9.94. The van der Waals surface area contributed by atoms with Gasteiger partial charge in [-0.25, -0.2) is 0 Å². The molecule has 0 radical (unpaired) electrons. The molecule has 7 nitrogen and oxygen atoms in total. The zero-order valence-electron chi connectivity index (χ0n) is 21.3. The number of carbonyl (C=O) groups excluding carboxylic acids is 2. The summed E-state index contributed by atoms with van der Waals surface area (Å²) in [6.07, 6.45) is 2.36. The van der Waals surface area contributed by atoms with Crippen molar-refractivity contribution in [2.45, 2.75) is 19.4 Å². The number of benzene rings is 3. The topological polar surface area (TPSA) is 91.9 Å². The lowest BCUT2D eigenvalue weighted by atomic mass is 9.95. The Balaban J connectivity index is 1.56. The first-order valence-electron chi connectivity index (χ1n) is 12.4. The molecule has 1 aliphatic heterocycles. The summed E-state index contributed by atoms with van der Waals surface area (Å²) in [5.74, 6) is -0.450. The molecule has 2 heterocycles. The maximum atomic E-state index is 13.4. The van der Waals surface area contributed by atoms with Gasteiger partial charge in [0, 0.05) is 34.2 Å². The fraction of sp³-hybridized carbons (Fsp3) is 0.200. The SMILES string of the molecule is CCOc1ccc([C@H]2C(=C(O)c3ccc(Cl)cc3Cl)C(=O)C(=O)N2CCc2c[nH]c3ccc(OC)cc23)cc1. The van der Waals surface area contributed by atoms with E-state index >= 15 is 0 Å². The van der Waals surface area contributed by atoms with Crippen molar-refractivity contribution in [2.24, 2.45) is 0 Å². The summed E-state index contributed by atoms with van der Waals surface area (Å²) < 4.78 is 10.9. The van der Waals surface area contributed by atoms with Crippen LogP contribution in [-0.2, 0) is 16.0 Å². The molecule has 9 heteroatoms. The van der Waals surface area contributed by atoms with Gasteiger partial charge in [-0.05, 0) is 73.0 Å². The maximum Gasteiger partial charge on any atom is 0.295 e. The van der Waals surface area contributed by atoms with Crippen LogP contribution in [0.3, 0.4) is 0 Å². The van der Waals surface area contributed by atoms with Crippen LogP contribution >= 0.6 is 23.2 Å². The number of nitrogens with zero attached hydrogens (tertiary/aromatic N) is 1. The van der Waals surface area contributed by atoms with Crippen molar-refractivity contribution in [2.75, 3.05) is 20.3 Å². The summed E-state index contributed by atoms with van der Waals surface area (Å²) in [6.45, 7) is 2.62. The van der Waals surface area contributed by atoms with Gasteiger partial charge in [-0.3, -0.25) is 9.59 Å². The molecule has 2 N–H and O–H groups in total. The largest absolute Gasteiger partial charge is 0.507 e. The molecule has 39 heavy (non-hydrogen) atoms. The minimum absolute atomic E-state index is 0.0334. The number of aromatic amines is 1. The Morgan fingerprint density at radius 2 is 1.77 bits per heavy atom. The van der Waals surface area contributed by atoms with E-state index in [2.05, 4.69) is 4.98 Å². The minimum Gasteiger partial charge on any atom is -0.507 e. The number of Topliss-reactive ketones (excluding diaryl/α,β-unsaturated/α-hetero) is 1. The highest BCUT2D eigenvalue weighted by Crippen LogP contribution is 2.41. The second-order valence-electron chi connectivity index (χ2n) is 9.09. The Hall–Kier alpha value is -3.94. The average molecular weight is 565 g/mol. The molecule has 1 amide bonds. The van der Waals surface area contributed by atoms with Crippen LogP contribution in [0.25, 0.3) is 16.7 Å². The highest BCUT2D eigenvalue weighted by molar-refractivity contribution is 6.47. The molecule has 0 unspecified atom stereocenters. The first-order valence-corrected chi connectivity index (χ1v) is 13.2. The molecule has 1 aliphatic rings. The standard InChI is InChI=1S/C30H26Cl2N2O5/c1-3-39-20-7-4-17(5-8-20)27-26(28(35)22-10-6-19(31)14-24(22)32)29(36)30(37)34(27)13-12-18-16-33-25-11-9-21(38-2)15-23(18)25/h4-11,14-16,27,33,35H,3,12-13H2,1-2H3/t27-/m0/s1. The van der Waals surface area contributed by atoms with Crippen molar-refractivity contribution >= 4 is 51.6 Å². The number of aliphatic hydroxyl groups excluding tert-OH is 1. The van der Waals surface area contributed by atoms with E-state index in [4.69, 9.17) is 32.7 Å². The molecule has 0 aliphatic carbocycles. The summed E-state index contributed by atoms with van der Waals surface area (Å²) in [5.41, 5.74) is 2.75. The summed E-state index contributed by atoms with van der Waals surface area (Å²) in [7, 11) is 1.61. The number of rotatable bonds is 8. The van der Waals surface area contributed by atoms with Crippen LogP contribution in [0, 0.1) is 0 Å². The number of H-pyrrole nitrogens is 1. The van der Waals surface area contributed by atoms with Crippen LogP contribution in [0.15, 0.2) is 72.4 Å². The number of hydrogen-bond acceptors (Lipinski definition) is 5. The van der Waals surface area contributed by atoms with Crippen LogP contribution in [0.1, 0.15) is 29.7 Å². The van der Waals surface area contributed by atoms with Gasteiger partial charge < -0.3 is 24.5 Å². The number of aromatic nitrogens is 1. The summed E-state index contributed by atoms with van der Waals surface area (Å²) in [5, 5.41) is 12.9. The van der Waals surface area contributed by atoms with E-state index < -0.39 is 17.7 Å². The van der Waals surface area contributed by atoms with Gasteiger partial charge in [-0.2, -0.15) is 0 Å². The summed E-state index contributed by atoms with van der Waals surface area (Å²) in [6, 6.07) is 16.6. The quantitative estimate of drug-likeness (QED) is 0.144. The van der Waals surface area contributed by atoms with Crippen LogP contribution < -0.4 is 9.47 Å². The van der Waals surface area contributed by atoms with E-state index in [1.165, 1.54) is 17.0 Å². The van der Waals surface area contributed by atoms with Crippen LogP contribution in [0.4, 0.5) is 0 Å². The Bertz CT molecular complexity index is 1590. The summed E-state index contributed by atoms with van der Waals surface area (Å²) >= 11 is 12.4. The smallest absolute Gasteiger partial charge is 0.295 e. The molecule has 1 saturated heterocycles. The van der Waals surface area contributed by atoms with Gasteiger partial charge in [-0.1, -0.05) is 35.3 Å². The lowest BCUT2D eigenvalue weighted by Crippen LogP contribution is -2.31. The molecule has 0 saturated carbocycles. The van der Waals surface area contributed by atoms with Crippen LogP contribution in [0.2, 0.25) is 10.0 Å². The third kappa shape index (κ3) is 5.07. The Labute approximate surface area is 235 Å². The van der Waals surface area contributed by atoms with E-state index in [9.17, 15) is 14.7 Å². The zero-order valence-corrected chi connectivity index (χ0v) is 22.8. The van der Waals surface area contributed by atoms with E-state index in [-0.39, 0.29) is 28.5 Å². The number of likely N-dealkylation sites (tertiary alicyclic amines) is 1. The number of amides is 1. The number of nitrogens with one attached hydrogen (secondary N) is 1. The summed E-state index contributed by atoms with van der Waals surface area (Å²) in [4.78, 5) is 31.5. The molecule has 200 valence electrons. The Morgan fingerprint density at radius 3 is 2.46 bits per heavy atom. The monoisotopic (exact) mass is 564 g/mol. The van der Waals surface area contributed by atoms with Crippen molar-refractivity contribution in [1.82, 2.24) is 9.88 Å². The van der Waals surface area contributed by atoms with Gasteiger partial charge in [0.25, 0.3) is 11.7 Å². The van der Waals surface area contributed by atoms with Crippen LogP contribution in [0.5, 0.6) is 11.5 Å². The van der Waals surface area contributed by atoms with Gasteiger partial charge in [0.1, 0.15) is 17.3 Å². The first kappa shape index (κ1) is 26.7. The third-order valence-electron chi connectivity index (χ3n) is 6.83. The molecule has 0 spiro atoms. The van der Waals surface area contributed by atoms with Crippen molar-refractivity contribution in [3.63, 3.8) is 0 Å². The van der Waals surface area contributed by atoms with Gasteiger partial charge >= 0.3 is 0 Å². The Morgan fingerprint density at radius 1 is 1.03 bits per heavy atom. The van der Waals surface area contributed by atoms with E-state index in [0.29, 0.717) is 29.4 Å². The molecule has 3 aromatic carbocycles. The molecule has 0 bridgehead atoms. The number of hydrogen-bond donors (Lipinski definition) is 2. The molecule has 1 fully saturated rings. The van der Waals surface area contributed by atoms with Gasteiger partial charge in [0.15, 0.2) is 0 Å². The molecule has 4 aromatic rings. The number of carbonyl (C=O) groups is 2. The predicted octanol–water partition coefficient (Wildman–Crippen LogP) is 6.55. The zero-order chi connectivity index (χ0) is 27.7. The Kier molecular flexibility index (Phi) is 7.55. The fourth-order valence-corrected chi connectivity index (χ4v) is 5.43. The van der Waals surface area contributed by atoms with Gasteiger partial charge in [0.2, 0.25) is 0 Å². The van der Waals surface area contributed by atoms with Crippen molar-refractivity contribution in [3.8, 4) is 11.5 Å². The number of methoxy groups -OCH3 is 1. The van der Waals surface area contributed by atoms with E-state index in [1.807, 2.05) is 31.3 Å². The minimum atomic E-state index is -0.827. The maximum absolute atomic E-state index is 13.4. The highest BCUT2D eigenvalue weighted by Gasteiger charge is 2.46. The number of fused-ring (bicyclic) bond motifs is 1. The molecule has 1 aromatic heterocycles. The van der Waals surface area contributed by atoms with Crippen molar-refractivity contribution in [1.29, 1.82) is 0 Å². The lowest BCUT2D eigenvalue weighted by molar-refractivity contribution is -0.139. The molecular formula is C30H26Cl2N2O5. The average Bonchev–Trinajstić information content (AvgIpc) is 3.45. The first-order chi connectivity index (χ1) is 18.8. The number of ketones is 1. The molecular weight excluding hydrogens is 539 g/mol. The normalized spacial score (nSPS) is 16.7. The van der Waals surface area contributed by atoms with Gasteiger partial charge in [0.05, 0.1) is 30.4 Å². The van der Waals surface area contributed by atoms with E-state index in [1.54, 1.807) is 37.4 Å². The molecule has 1 atom stereocenters. The number of aliphatic hydroxyl groups is 1. The van der Waals surface area contributed by atoms with Gasteiger partial charge in [-0.15, -0.1) is 0 Å². The van der Waals surface area contributed by atoms with Crippen molar-refractivity contribution in [3.05, 3.63) is 99.2 Å². The second kappa shape index (κ2) is 11.0. The van der Waals surface area contributed by atoms with Crippen LogP contribution in [-0.4, -0.2) is 46.9 Å². The molecule has 5 rings (SSSR count). The third-order valence-corrected chi connectivity index (χ3v) is 7.38. The lowest BCUT2D eigenvalue weighted by Gasteiger charge is -2.25. The van der Waals surface area contributed by atoms with Crippen molar-refractivity contribution < 1.29 is 24.2 Å². The predicted molar refractivity (Wildman–Crippen MR) is 152 cm³/mol. The van der Waals surface area contributed by atoms with E-state index in [0.717, 1.165) is 22.2 Å². The fourth-order valence-electron chi connectivity index (χ4n) is 4.93. The number of ether oxygens (including phenoxy) is 2. The number of halogens is 2. The highest BCUT2D eigenvalue weighted by atomic mass is 35.5.